The van der Waals surface area contributed by atoms with Crippen LogP contribution in [0.4, 0.5) is 0 Å². The standard InChI is InChI=1S/C26H25N3O4/c1-4-32-18-9-7-17(8-10-18)24-21-22(20-13-15(2)12-16(3)25(20)30)27-28-23(21)26(31)29(24)14-19-6-5-11-33-19/h5-13,24,30H,4,14H2,1-3H3,(H,27,28). The van der Waals surface area contributed by atoms with Crippen molar-refractivity contribution in [2.24, 2.45) is 0 Å². The SMILES string of the molecule is CCOc1ccc(C2c3c(-c4cc(C)cc(C)c4O)n[nH]c3C(=O)N2Cc2ccco2)cc1. The zero-order chi connectivity index (χ0) is 23.1. The minimum Gasteiger partial charge on any atom is -0.507 e. The number of aryl methyl sites for hydroxylation is 2. The number of phenolic OH excluding ortho intramolecular Hbond substituents is 1. The van der Waals surface area contributed by atoms with Crippen LogP contribution in [-0.4, -0.2) is 32.7 Å². The number of aromatic nitrogens is 2. The summed E-state index contributed by atoms with van der Waals surface area (Å²) in [7, 11) is 0. The highest BCUT2D eigenvalue weighted by atomic mass is 16.5. The highest BCUT2D eigenvalue weighted by Crippen LogP contribution is 2.46. The van der Waals surface area contributed by atoms with Crippen LogP contribution in [-0.2, 0) is 6.54 Å². The van der Waals surface area contributed by atoms with E-state index in [2.05, 4.69) is 10.2 Å². The molecule has 2 N–H and O–H groups in total. The molecule has 1 atom stereocenters. The number of furan rings is 1. The maximum absolute atomic E-state index is 13.5. The molecule has 7 heteroatoms. The Kier molecular flexibility index (Phi) is 5.17. The van der Waals surface area contributed by atoms with Crippen molar-refractivity contribution in [1.82, 2.24) is 15.1 Å². The number of fused-ring (bicyclic) bond motifs is 1. The molecule has 1 aliphatic heterocycles. The maximum Gasteiger partial charge on any atom is 0.273 e. The van der Waals surface area contributed by atoms with E-state index in [0.717, 1.165) is 28.0 Å². The van der Waals surface area contributed by atoms with Crippen LogP contribution in [0.1, 0.15) is 51.5 Å². The molecule has 33 heavy (non-hydrogen) atoms. The van der Waals surface area contributed by atoms with Crippen LogP contribution in [0.25, 0.3) is 11.3 Å². The first-order chi connectivity index (χ1) is 16.0. The average Bonchev–Trinajstić information content (AvgIpc) is 3.52. The molecule has 0 saturated carbocycles. The van der Waals surface area contributed by atoms with Crippen LogP contribution in [0.3, 0.4) is 0 Å². The molecular weight excluding hydrogens is 418 g/mol. The fraction of sp³-hybridized carbons (Fsp3) is 0.231. The number of rotatable bonds is 6. The Morgan fingerprint density at radius 3 is 2.67 bits per heavy atom. The van der Waals surface area contributed by atoms with Crippen LogP contribution >= 0.6 is 0 Å². The molecule has 0 spiro atoms. The van der Waals surface area contributed by atoms with E-state index >= 15 is 0 Å². The van der Waals surface area contributed by atoms with Gasteiger partial charge >= 0.3 is 0 Å². The summed E-state index contributed by atoms with van der Waals surface area (Å²) >= 11 is 0. The number of aromatic amines is 1. The Bertz CT molecular complexity index is 1310. The maximum atomic E-state index is 13.5. The number of amides is 1. The largest absolute Gasteiger partial charge is 0.507 e. The van der Waals surface area contributed by atoms with E-state index in [1.165, 1.54) is 0 Å². The number of ether oxygens (including phenoxy) is 1. The van der Waals surface area contributed by atoms with E-state index in [0.29, 0.717) is 35.9 Å². The van der Waals surface area contributed by atoms with Crippen molar-refractivity contribution in [1.29, 1.82) is 0 Å². The number of H-pyrrole nitrogens is 1. The van der Waals surface area contributed by atoms with E-state index < -0.39 is 6.04 Å². The lowest BCUT2D eigenvalue weighted by Gasteiger charge is -2.26. The molecule has 168 valence electrons. The molecule has 0 saturated heterocycles. The van der Waals surface area contributed by atoms with Gasteiger partial charge in [0.25, 0.3) is 5.91 Å². The van der Waals surface area contributed by atoms with Gasteiger partial charge in [0.15, 0.2) is 0 Å². The number of nitrogens with zero attached hydrogens (tertiary/aromatic N) is 2. The zero-order valence-electron chi connectivity index (χ0n) is 18.8. The van der Waals surface area contributed by atoms with Gasteiger partial charge in [-0.1, -0.05) is 18.2 Å². The number of phenols is 1. The number of nitrogens with one attached hydrogen (secondary N) is 1. The van der Waals surface area contributed by atoms with Crippen molar-refractivity contribution in [3.63, 3.8) is 0 Å². The van der Waals surface area contributed by atoms with Crippen LogP contribution in [0.15, 0.2) is 59.2 Å². The topological polar surface area (TPSA) is 91.6 Å². The van der Waals surface area contributed by atoms with Crippen LogP contribution in [0.2, 0.25) is 0 Å². The molecule has 1 aliphatic rings. The van der Waals surface area contributed by atoms with E-state index in [1.807, 2.05) is 69.3 Å². The summed E-state index contributed by atoms with van der Waals surface area (Å²) in [5, 5.41) is 18.2. The van der Waals surface area contributed by atoms with Crippen molar-refractivity contribution in [2.75, 3.05) is 6.61 Å². The Morgan fingerprint density at radius 2 is 1.97 bits per heavy atom. The third-order valence-electron chi connectivity index (χ3n) is 5.98. The average molecular weight is 444 g/mol. The number of aromatic hydroxyl groups is 1. The van der Waals surface area contributed by atoms with Crippen molar-refractivity contribution in [3.8, 4) is 22.8 Å². The van der Waals surface area contributed by atoms with Gasteiger partial charge in [-0.2, -0.15) is 5.10 Å². The second-order valence-electron chi connectivity index (χ2n) is 8.26. The summed E-state index contributed by atoms with van der Waals surface area (Å²) in [6.07, 6.45) is 1.60. The summed E-state index contributed by atoms with van der Waals surface area (Å²) in [5.74, 6) is 1.45. The Balaban J connectivity index is 1.66. The van der Waals surface area contributed by atoms with Gasteiger partial charge < -0.3 is 19.2 Å². The monoisotopic (exact) mass is 443 g/mol. The van der Waals surface area contributed by atoms with Crippen molar-refractivity contribution in [3.05, 3.63) is 88.5 Å². The molecule has 0 radical (unpaired) electrons. The Hall–Kier alpha value is -4.00. The number of carbonyl (C=O) groups excluding carboxylic acids is 1. The third kappa shape index (κ3) is 3.55. The third-order valence-corrected chi connectivity index (χ3v) is 5.98. The van der Waals surface area contributed by atoms with Crippen molar-refractivity contribution < 1.29 is 19.1 Å². The fourth-order valence-corrected chi connectivity index (χ4v) is 4.54. The second kappa shape index (κ2) is 8.16. The van der Waals surface area contributed by atoms with Gasteiger partial charge in [0.05, 0.1) is 25.5 Å². The fourth-order valence-electron chi connectivity index (χ4n) is 4.54. The molecule has 0 fully saturated rings. The first kappa shape index (κ1) is 20.9. The van der Waals surface area contributed by atoms with Gasteiger partial charge in [0.2, 0.25) is 0 Å². The zero-order valence-corrected chi connectivity index (χ0v) is 18.8. The summed E-state index contributed by atoms with van der Waals surface area (Å²) < 4.78 is 11.1. The van der Waals surface area contributed by atoms with Gasteiger partial charge in [-0.25, -0.2) is 0 Å². The normalized spacial score (nSPS) is 15.2. The first-order valence-corrected chi connectivity index (χ1v) is 10.9. The molecule has 5 rings (SSSR count). The first-order valence-electron chi connectivity index (χ1n) is 10.9. The van der Waals surface area contributed by atoms with Crippen molar-refractivity contribution in [2.45, 2.75) is 33.4 Å². The number of hydrogen-bond donors (Lipinski definition) is 2. The molecule has 0 aliphatic carbocycles. The van der Waals surface area contributed by atoms with Gasteiger partial charge in [0, 0.05) is 11.1 Å². The Labute approximate surface area is 191 Å². The smallest absolute Gasteiger partial charge is 0.273 e. The van der Waals surface area contributed by atoms with Gasteiger partial charge in [-0.3, -0.25) is 9.89 Å². The molecule has 4 aromatic rings. The molecular formula is C26H25N3O4. The van der Waals surface area contributed by atoms with E-state index in [9.17, 15) is 9.90 Å². The van der Waals surface area contributed by atoms with E-state index in [1.54, 1.807) is 11.2 Å². The second-order valence-corrected chi connectivity index (χ2v) is 8.26. The van der Waals surface area contributed by atoms with Crippen LogP contribution in [0.5, 0.6) is 11.5 Å². The molecule has 7 nitrogen and oxygen atoms in total. The van der Waals surface area contributed by atoms with Gasteiger partial charge in [-0.05, 0) is 67.8 Å². The van der Waals surface area contributed by atoms with Gasteiger partial charge in [0.1, 0.15) is 28.6 Å². The summed E-state index contributed by atoms with van der Waals surface area (Å²) in [4.78, 5) is 15.2. The minimum absolute atomic E-state index is 0.164. The minimum atomic E-state index is -0.401. The number of hydrogen-bond acceptors (Lipinski definition) is 5. The predicted molar refractivity (Wildman–Crippen MR) is 123 cm³/mol. The lowest BCUT2D eigenvalue weighted by atomic mass is 9.94. The predicted octanol–water partition coefficient (Wildman–Crippen LogP) is 5.14. The van der Waals surface area contributed by atoms with E-state index in [4.69, 9.17) is 9.15 Å². The van der Waals surface area contributed by atoms with E-state index in [-0.39, 0.29) is 11.7 Å². The summed E-state index contributed by atoms with van der Waals surface area (Å²) in [6, 6.07) is 14.8. The highest BCUT2D eigenvalue weighted by Gasteiger charge is 2.43. The lowest BCUT2D eigenvalue weighted by molar-refractivity contribution is 0.0717. The lowest BCUT2D eigenvalue weighted by Crippen LogP contribution is -2.29. The molecule has 2 aromatic heterocycles. The molecule has 1 amide bonds. The van der Waals surface area contributed by atoms with Crippen LogP contribution < -0.4 is 4.74 Å². The van der Waals surface area contributed by atoms with Gasteiger partial charge in [-0.15, -0.1) is 0 Å². The highest BCUT2D eigenvalue weighted by molar-refractivity contribution is 6.00. The quantitative estimate of drug-likeness (QED) is 0.431. The van der Waals surface area contributed by atoms with Crippen LogP contribution in [0, 0.1) is 13.8 Å². The Morgan fingerprint density at radius 1 is 1.18 bits per heavy atom. The molecule has 0 bridgehead atoms. The number of carbonyl (C=O) groups is 1. The molecule has 2 aromatic carbocycles. The number of benzene rings is 2. The molecule has 1 unspecified atom stereocenters. The molecule has 3 heterocycles. The summed E-state index contributed by atoms with van der Waals surface area (Å²) in [6.45, 7) is 6.66. The van der Waals surface area contributed by atoms with Crippen molar-refractivity contribution >= 4 is 5.91 Å². The summed E-state index contributed by atoms with van der Waals surface area (Å²) in [5.41, 5.74) is 5.04.